The molecular weight excluding hydrogens is 282 g/mol. The number of H-pyrrole nitrogens is 1. The Hall–Kier alpha value is -3.15. The monoisotopic (exact) mass is 295 g/mol. The summed E-state index contributed by atoms with van der Waals surface area (Å²) in [5.41, 5.74) is 3.11. The second-order valence-electron chi connectivity index (χ2n) is 4.71. The predicted molar refractivity (Wildman–Crippen MR) is 81.2 cm³/mol. The van der Waals surface area contributed by atoms with Gasteiger partial charge in [0, 0.05) is 11.1 Å². The smallest absolute Gasteiger partial charge is 0.356 e. The van der Waals surface area contributed by atoms with Gasteiger partial charge in [0.15, 0.2) is 5.69 Å². The molecule has 0 bridgehead atoms. The number of aromatic carboxylic acids is 1. The summed E-state index contributed by atoms with van der Waals surface area (Å²) in [6.45, 7) is 1.83. The summed E-state index contributed by atoms with van der Waals surface area (Å²) < 4.78 is 5.26. The Morgan fingerprint density at radius 1 is 1.27 bits per heavy atom. The first kappa shape index (κ1) is 13.8. The number of nitrogens with one attached hydrogen (secondary N) is 1. The Balaban J connectivity index is 1.93. The van der Waals surface area contributed by atoms with Crippen molar-refractivity contribution in [1.82, 2.24) is 15.4 Å². The van der Waals surface area contributed by atoms with Crippen LogP contribution in [0, 0.1) is 6.92 Å². The minimum Gasteiger partial charge on any atom is -0.476 e. The quantitative estimate of drug-likeness (QED) is 0.770. The van der Waals surface area contributed by atoms with Gasteiger partial charge in [0.2, 0.25) is 0 Å². The normalized spacial score (nSPS) is 11.1. The van der Waals surface area contributed by atoms with Crippen LogP contribution in [0.1, 0.15) is 27.5 Å². The Kier molecular flexibility index (Phi) is 3.57. The number of carbonyl (C=O) groups is 1. The number of aryl methyl sites for hydroxylation is 1. The number of rotatable bonds is 4. The van der Waals surface area contributed by atoms with E-state index in [9.17, 15) is 4.79 Å². The molecular formula is C16H13N3O3. The van der Waals surface area contributed by atoms with E-state index in [2.05, 4.69) is 15.4 Å². The van der Waals surface area contributed by atoms with Gasteiger partial charge in [0.25, 0.3) is 0 Å². The zero-order valence-corrected chi connectivity index (χ0v) is 11.8. The maximum absolute atomic E-state index is 10.8. The van der Waals surface area contributed by atoms with Gasteiger partial charge in [-0.3, -0.25) is 5.10 Å². The molecule has 2 N–H and O–H groups in total. The zero-order chi connectivity index (χ0) is 15.5. The number of aromatic nitrogens is 3. The van der Waals surface area contributed by atoms with Crippen LogP contribution in [-0.2, 0) is 0 Å². The van der Waals surface area contributed by atoms with Crippen molar-refractivity contribution in [3.63, 3.8) is 0 Å². The number of benzene rings is 1. The minimum atomic E-state index is -1.07. The molecule has 0 fully saturated rings. The largest absolute Gasteiger partial charge is 0.476 e. The molecule has 0 saturated carbocycles. The first-order valence-corrected chi connectivity index (χ1v) is 6.63. The average molecular weight is 295 g/mol. The summed E-state index contributed by atoms with van der Waals surface area (Å²) in [5.74, 6) is -0.380. The third-order valence-electron chi connectivity index (χ3n) is 3.20. The van der Waals surface area contributed by atoms with Crippen molar-refractivity contribution >= 4 is 18.1 Å². The summed E-state index contributed by atoms with van der Waals surface area (Å²) in [6.07, 6.45) is 3.57. The number of nitrogens with zero attached hydrogens (tertiary/aromatic N) is 2. The highest BCUT2D eigenvalue weighted by Crippen LogP contribution is 2.26. The van der Waals surface area contributed by atoms with E-state index in [-0.39, 0.29) is 5.69 Å². The fraction of sp³-hybridized carbons (Fsp3) is 0.0625. The van der Waals surface area contributed by atoms with E-state index in [0.717, 1.165) is 16.8 Å². The van der Waals surface area contributed by atoms with Crippen molar-refractivity contribution < 1.29 is 14.4 Å². The SMILES string of the molecule is Cc1onc(-c2ccccc2)c1/C=C/c1cc(C(=O)O)n[nH]1. The molecule has 110 valence electrons. The lowest BCUT2D eigenvalue weighted by molar-refractivity contribution is 0.0690. The van der Waals surface area contributed by atoms with Crippen LogP contribution in [0.15, 0.2) is 40.9 Å². The van der Waals surface area contributed by atoms with Crippen LogP contribution >= 0.6 is 0 Å². The van der Waals surface area contributed by atoms with Gasteiger partial charge in [-0.2, -0.15) is 5.10 Å². The number of carboxylic acid groups (broad SMARTS) is 1. The first-order valence-electron chi connectivity index (χ1n) is 6.63. The maximum atomic E-state index is 10.8. The highest BCUT2D eigenvalue weighted by atomic mass is 16.5. The fourth-order valence-electron chi connectivity index (χ4n) is 2.08. The molecule has 6 heteroatoms. The third kappa shape index (κ3) is 2.67. The van der Waals surface area contributed by atoms with Crippen molar-refractivity contribution in [3.05, 3.63) is 59.1 Å². The molecule has 22 heavy (non-hydrogen) atoms. The number of carboxylic acids is 1. The topological polar surface area (TPSA) is 92.0 Å². The highest BCUT2D eigenvalue weighted by Gasteiger charge is 2.12. The van der Waals surface area contributed by atoms with E-state index in [1.54, 1.807) is 6.08 Å². The van der Waals surface area contributed by atoms with E-state index in [1.165, 1.54) is 6.07 Å². The Bertz CT molecular complexity index is 831. The molecule has 6 nitrogen and oxygen atoms in total. The molecule has 3 rings (SSSR count). The van der Waals surface area contributed by atoms with Crippen molar-refractivity contribution in [2.75, 3.05) is 0 Å². The van der Waals surface area contributed by atoms with Crippen molar-refractivity contribution in [2.45, 2.75) is 6.92 Å². The lowest BCUT2D eigenvalue weighted by atomic mass is 10.1. The van der Waals surface area contributed by atoms with Gasteiger partial charge in [-0.05, 0) is 25.1 Å². The Morgan fingerprint density at radius 2 is 2.05 bits per heavy atom. The van der Waals surface area contributed by atoms with Crippen molar-refractivity contribution in [1.29, 1.82) is 0 Å². The van der Waals surface area contributed by atoms with E-state index in [4.69, 9.17) is 9.63 Å². The standard InChI is InChI=1S/C16H13N3O3/c1-10-13(8-7-12-9-14(16(20)21)18-17-12)15(19-22-10)11-5-3-2-4-6-11/h2-9H,1H3,(H,17,18)(H,20,21)/b8-7+. The van der Waals surface area contributed by atoms with Gasteiger partial charge in [-0.25, -0.2) is 4.79 Å². The molecule has 0 amide bonds. The summed E-state index contributed by atoms with van der Waals surface area (Å²) in [7, 11) is 0. The lowest BCUT2D eigenvalue weighted by Gasteiger charge is -1.97. The van der Waals surface area contributed by atoms with Crippen LogP contribution in [-0.4, -0.2) is 26.4 Å². The summed E-state index contributed by atoms with van der Waals surface area (Å²) in [6, 6.07) is 11.2. The van der Waals surface area contributed by atoms with Gasteiger partial charge in [0.1, 0.15) is 11.5 Å². The molecule has 0 saturated heterocycles. The third-order valence-corrected chi connectivity index (χ3v) is 3.20. The molecule has 2 aromatic heterocycles. The van der Waals surface area contributed by atoms with Gasteiger partial charge >= 0.3 is 5.97 Å². The van der Waals surface area contributed by atoms with E-state index < -0.39 is 5.97 Å². The molecule has 0 unspecified atom stereocenters. The van der Waals surface area contributed by atoms with E-state index >= 15 is 0 Å². The van der Waals surface area contributed by atoms with Crippen molar-refractivity contribution in [3.8, 4) is 11.3 Å². The summed E-state index contributed by atoms with van der Waals surface area (Å²) >= 11 is 0. The molecule has 0 spiro atoms. The van der Waals surface area contributed by atoms with Crippen LogP contribution in [0.4, 0.5) is 0 Å². The Labute approximate surface area is 126 Å². The van der Waals surface area contributed by atoms with Crippen LogP contribution in [0.3, 0.4) is 0 Å². The molecule has 2 heterocycles. The first-order chi connectivity index (χ1) is 10.6. The van der Waals surface area contributed by atoms with Crippen LogP contribution in [0.25, 0.3) is 23.4 Å². The van der Waals surface area contributed by atoms with E-state index in [1.807, 2.05) is 43.3 Å². The predicted octanol–water partition coefficient (Wildman–Crippen LogP) is 3.24. The van der Waals surface area contributed by atoms with Gasteiger partial charge in [0.05, 0.1) is 5.69 Å². The summed E-state index contributed by atoms with van der Waals surface area (Å²) in [5, 5.41) is 19.3. The second kappa shape index (κ2) is 5.69. The molecule has 3 aromatic rings. The molecule has 0 aliphatic carbocycles. The number of hydrogen-bond acceptors (Lipinski definition) is 4. The fourth-order valence-corrected chi connectivity index (χ4v) is 2.08. The average Bonchev–Trinajstić information content (AvgIpc) is 3.13. The van der Waals surface area contributed by atoms with Gasteiger partial charge in [-0.1, -0.05) is 35.5 Å². The molecule has 0 aliphatic rings. The Morgan fingerprint density at radius 3 is 2.73 bits per heavy atom. The lowest BCUT2D eigenvalue weighted by Crippen LogP contribution is -1.95. The zero-order valence-electron chi connectivity index (χ0n) is 11.8. The molecule has 1 aromatic carbocycles. The van der Waals surface area contributed by atoms with Crippen LogP contribution < -0.4 is 0 Å². The summed E-state index contributed by atoms with van der Waals surface area (Å²) in [4.78, 5) is 10.8. The van der Waals surface area contributed by atoms with Crippen LogP contribution in [0.5, 0.6) is 0 Å². The number of aromatic amines is 1. The number of hydrogen-bond donors (Lipinski definition) is 2. The van der Waals surface area contributed by atoms with Crippen molar-refractivity contribution in [2.24, 2.45) is 0 Å². The molecule has 0 radical (unpaired) electrons. The highest BCUT2D eigenvalue weighted by molar-refractivity contribution is 5.86. The van der Waals surface area contributed by atoms with Crippen LogP contribution in [0.2, 0.25) is 0 Å². The van der Waals surface area contributed by atoms with Gasteiger partial charge in [-0.15, -0.1) is 0 Å². The van der Waals surface area contributed by atoms with Gasteiger partial charge < -0.3 is 9.63 Å². The molecule has 0 aliphatic heterocycles. The minimum absolute atomic E-state index is 0.0232. The second-order valence-corrected chi connectivity index (χ2v) is 4.71. The molecule has 0 atom stereocenters. The maximum Gasteiger partial charge on any atom is 0.356 e. The van der Waals surface area contributed by atoms with E-state index in [0.29, 0.717) is 11.5 Å².